The normalized spacial score (nSPS) is 24.9. The van der Waals surface area contributed by atoms with E-state index in [1.807, 2.05) is 32.9 Å². The maximum absolute atomic E-state index is 14.6. The number of hydrogen-bond acceptors (Lipinski definition) is 10. The summed E-state index contributed by atoms with van der Waals surface area (Å²) in [7, 11) is 0. The molecule has 49 heavy (non-hydrogen) atoms. The number of hydrogen-bond donors (Lipinski definition) is 2. The minimum atomic E-state index is -1.03. The third-order valence-electron chi connectivity index (χ3n) is 10.5. The number of nitrogens with zero attached hydrogens (tertiary/aromatic N) is 2. The van der Waals surface area contributed by atoms with Gasteiger partial charge in [-0.3, -0.25) is 24.0 Å². The molecule has 13 heteroatoms. The molecule has 0 aromatic heterocycles. The summed E-state index contributed by atoms with van der Waals surface area (Å²) in [6.07, 6.45) is 5.55. The molecule has 1 aromatic carbocycles. The SMILES string of the molecule is CC(=O)C(=O)C(CC1CCC1)NC(=O)[C@@H]1C[C@]2(CC(c3ccc4c(c3)OCO4)=NO2)CN1C(=O)[C@@H](NC(=O)CC1CCOCC1)C(C)(C)C. The Balaban J connectivity index is 1.24. The lowest BCUT2D eigenvalue weighted by Crippen LogP contribution is -2.59. The second-order valence-corrected chi connectivity index (χ2v) is 15.4. The van der Waals surface area contributed by atoms with Gasteiger partial charge in [0.15, 0.2) is 22.9 Å². The molecule has 5 aliphatic rings. The number of Topliss-reactive ketones (excluding diaryl/α,β-unsaturated/α-hetero) is 2. The van der Waals surface area contributed by atoms with Gasteiger partial charge in [-0.25, -0.2) is 0 Å². The van der Waals surface area contributed by atoms with Crippen molar-refractivity contribution in [2.24, 2.45) is 22.4 Å². The van der Waals surface area contributed by atoms with E-state index in [4.69, 9.17) is 19.0 Å². The maximum atomic E-state index is 14.6. The number of fused-ring (bicyclic) bond motifs is 1. The van der Waals surface area contributed by atoms with Crippen molar-refractivity contribution in [2.75, 3.05) is 26.6 Å². The van der Waals surface area contributed by atoms with Crippen molar-refractivity contribution in [1.29, 1.82) is 0 Å². The molecule has 1 aliphatic carbocycles. The van der Waals surface area contributed by atoms with E-state index in [-0.39, 0.29) is 43.9 Å². The molecule has 3 fully saturated rings. The van der Waals surface area contributed by atoms with Gasteiger partial charge in [0.05, 0.1) is 18.3 Å². The van der Waals surface area contributed by atoms with Crippen LogP contribution in [0.25, 0.3) is 0 Å². The summed E-state index contributed by atoms with van der Waals surface area (Å²) in [4.78, 5) is 74.8. The van der Waals surface area contributed by atoms with Crippen molar-refractivity contribution in [1.82, 2.24) is 15.5 Å². The van der Waals surface area contributed by atoms with Crippen molar-refractivity contribution in [3.05, 3.63) is 23.8 Å². The van der Waals surface area contributed by atoms with Crippen LogP contribution in [0, 0.1) is 17.3 Å². The highest BCUT2D eigenvalue weighted by atomic mass is 16.7. The van der Waals surface area contributed by atoms with Crippen LogP contribution in [-0.2, 0) is 33.5 Å². The summed E-state index contributed by atoms with van der Waals surface area (Å²) in [5.74, 6) is -0.811. The Morgan fingerprint density at radius 2 is 1.73 bits per heavy atom. The van der Waals surface area contributed by atoms with Crippen molar-refractivity contribution < 1.29 is 43.0 Å². The summed E-state index contributed by atoms with van der Waals surface area (Å²) < 4.78 is 16.4. The predicted molar refractivity (Wildman–Crippen MR) is 177 cm³/mol. The van der Waals surface area contributed by atoms with Gasteiger partial charge in [0.1, 0.15) is 12.1 Å². The lowest BCUT2D eigenvalue weighted by molar-refractivity contribution is -0.145. The van der Waals surface area contributed by atoms with Gasteiger partial charge in [-0.2, -0.15) is 0 Å². The average Bonchev–Trinajstić information content (AvgIpc) is 3.78. The molecule has 6 rings (SSSR count). The Labute approximate surface area is 286 Å². The quantitative estimate of drug-likeness (QED) is 0.335. The van der Waals surface area contributed by atoms with Crippen molar-refractivity contribution >= 4 is 35.0 Å². The second-order valence-electron chi connectivity index (χ2n) is 15.4. The van der Waals surface area contributed by atoms with Gasteiger partial charge in [-0.05, 0) is 54.7 Å². The van der Waals surface area contributed by atoms with Crippen LogP contribution in [0.2, 0.25) is 0 Å². The largest absolute Gasteiger partial charge is 0.454 e. The summed E-state index contributed by atoms with van der Waals surface area (Å²) in [5, 5.41) is 10.2. The number of oxime groups is 1. The first-order valence-corrected chi connectivity index (χ1v) is 17.5. The van der Waals surface area contributed by atoms with Crippen LogP contribution in [0.5, 0.6) is 11.5 Å². The minimum absolute atomic E-state index is 0.0395. The number of amides is 3. The van der Waals surface area contributed by atoms with Gasteiger partial charge >= 0.3 is 0 Å². The minimum Gasteiger partial charge on any atom is -0.454 e. The van der Waals surface area contributed by atoms with E-state index in [1.54, 1.807) is 6.07 Å². The summed E-state index contributed by atoms with van der Waals surface area (Å²) in [6, 6.07) is 2.54. The van der Waals surface area contributed by atoms with E-state index >= 15 is 0 Å². The molecule has 1 saturated carbocycles. The summed E-state index contributed by atoms with van der Waals surface area (Å²) in [6.45, 7) is 8.22. The summed E-state index contributed by atoms with van der Waals surface area (Å²) >= 11 is 0. The Kier molecular flexibility index (Phi) is 10.0. The average molecular weight is 681 g/mol. The van der Waals surface area contributed by atoms with E-state index in [0.717, 1.165) is 37.7 Å². The first-order chi connectivity index (χ1) is 23.3. The lowest BCUT2D eigenvalue weighted by Gasteiger charge is -2.36. The zero-order valence-corrected chi connectivity index (χ0v) is 28.9. The fraction of sp³-hybridized carbons (Fsp3) is 0.667. The Hall–Kier alpha value is -4.00. The third-order valence-corrected chi connectivity index (χ3v) is 10.5. The Morgan fingerprint density at radius 1 is 1.00 bits per heavy atom. The van der Waals surface area contributed by atoms with Gasteiger partial charge in [0.2, 0.25) is 30.3 Å². The highest BCUT2D eigenvalue weighted by Gasteiger charge is 2.56. The van der Waals surface area contributed by atoms with E-state index in [2.05, 4.69) is 15.8 Å². The van der Waals surface area contributed by atoms with E-state index in [9.17, 15) is 24.0 Å². The molecule has 13 nitrogen and oxygen atoms in total. The van der Waals surface area contributed by atoms with Crippen LogP contribution < -0.4 is 20.1 Å². The Morgan fingerprint density at radius 3 is 2.41 bits per heavy atom. The number of ether oxygens (including phenoxy) is 3. The molecular weight excluding hydrogens is 632 g/mol. The molecule has 0 bridgehead atoms. The fourth-order valence-electron chi connectivity index (χ4n) is 7.41. The molecule has 1 aromatic rings. The van der Waals surface area contributed by atoms with Crippen molar-refractivity contribution in [2.45, 2.75) is 109 Å². The Bertz CT molecular complexity index is 1510. The number of ketones is 2. The molecule has 0 radical (unpaired) electrons. The van der Waals surface area contributed by atoms with Crippen LogP contribution in [0.3, 0.4) is 0 Å². The molecule has 4 heterocycles. The molecule has 1 unspecified atom stereocenters. The summed E-state index contributed by atoms with van der Waals surface area (Å²) in [5.41, 5.74) is -0.307. The van der Waals surface area contributed by atoms with Crippen LogP contribution in [0.15, 0.2) is 23.4 Å². The standard InChI is InChI=1S/C36H48N4O9/c1-21(41)31(43)25(14-22-6-5-7-22)37-33(44)27-18-36(17-26(39-49-36)24-8-9-28-29(16-24)48-20-47-28)19-40(27)34(45)32(35(2,3)4)38-30(42)15-23-10-12-46-13-11-23/h8-9,16,22-23,25,27,32H,5-7,10-15,17-20H2,1-4H3,(H,37,44)(H,38,42)/t25?,27-,32+,36+/m0/s1. The van der Waals surface area contributed by atoms with Gasteiger partial charge in [0, 0.05) is 45.0 Å². The van der Waals surface area contributed by atoms with Crippen molar-refractivity contribution in [3.8, 4) is 11.5 Å². The van der Waals surface area contributed by atoms with Gasteiger partial charge < -0.3 is 34.6 Å². The number of carbonyl (C=O) groups excluding carboxylic acids is 5. The smallest absolute Gasteiger partial charge is 0.246 e. The highest BCUT2D eigenvalue weighted by molar-refractivity contribution is 6.38. The first-order valence-electron chi connectivity index (χ1n) is 17.5. The zero-order valence-electron chi connectivity index (χ0n) is 28.9. The van der Waals surface area contributed by atoms with Gasteiger partial charge in [-0.1, -0.05) is 45.2 Å². The van der Waals surface area contributed by atoms with Crippen LogP contribution in [0.1, 0.15) is 91.0 Å². The maximum Gasteiger partial charge on any atom is 0.246 e. The van der Waals surface area contributed by atoms with Crippen LogP contribution in [-0.4, -0.2) is 90.2 Å². The van der Waals surface area contributed by atoms with Gasteiger partial charge in [0.25, 0.3) is 0 Å². The number of nitrogens with one attached hydrogen (secondary N) is 2. The number of likely N-dealkylation sites (tertiary alicyclic amines) is 1. The number of carbonyl (C=O) groups is 5. The third kappa shape index (κ3) is 7.76. The molecule has 4 atom stereocenters. The molecule has 4 aliphatic heterocycles. The number of rotatable bonds is 11. The van der Waals surface area contributed by atoms with E-state index in [0.29, 0.717) is 43.3 Å². The second kappa shape index (κ2) is 14.1. The van der Waals surface area contributed by atoms with E-state index < -0.39 is 52.5 Å². The zero-order chi connectivity index (χ0) is 34.9. The van der Waals surface area contributed by atoms with Crippen LogP contribution in [0.4, 0.5) is 0 Å². The van der Waals surface area contributed by atoms with E-state index in [1.165, 1.54) is 11.8 Å². The van der Waals surface area contributed by atoms with Crippen molar-refractivity contribution in [3.63, 3.8) is 0 Å². The molecule has 1 spiro atoms. The molecule has 266 valence electrons. The lowest BCUT2D eigenvalue weighted by atomic mass is 9.80. The molecular formula is C36H48N4O9. The fourth-order valence-corrected chi connectivity index (χ4v) is 7.41. The van der Waals surface area contributed by atoms with Gasteiger partial charge in [-0.15, -0.1) is 0 Å². The highest BCUT2D eigenvalue weighted by Crippen LogP contribution is 2.42. The van der Waals surface area contributed by atoms with Crippen LogP contribution >= 0.6 is 0 Å². The first kappa shape index (κ1) is 34.8. The topological polar surface area (TPSA) is 162 Å². The molecule has 2 saturated heterocycles. The predicted octanol–water partition coefficient (Wildman–Crippen LogP) is 3.06. The monoisotopic (exact) mass is 680 g/mol. The molecule has 3 amide bonds. The number of benzene rings is 1. The molecule has 2 N–H and O–H groups in total.